The van der Waals surface area contributed by atoms with Crippen molar-refractivity contribution in [3.05, 3.63) is 48.0 Å². The zero-order chi connectivity index (χ0) is 16.4. The van der Waals surface area contributed by atoms with Crippen LogP contribution in [0.5, 0.6) is 0 Å². The highest BCUT2D eigenvalue weighted by Gasteiger charge is 2.16. The second kappa shape index (κ2) is 9.70. The van der Waals surface area contributed by atoms with E-state index in [9.17, 15) is 14.7 Å². The predicted octanol–water partition coefficient (Wildman–Crippen LogP) is 1.05. The highest BCUT2D eigenvalue weighted by molar-refractivity contribution is 5.81. The first-order chi connectivity index (χ1) is 10.5. The summed E-state index contributed by atoms with van der Waals surface area (Å²) < 4.78 is 4.85. The summed E-state index contributed by atoms with van der Waals surface area (Å²) in [7, 11) is 0. The fourth-order valence-electron chi connectivity index (χ4n) is 1.93. The van der Waals surface area contributed by atoms with Crippen molar-refractivity contribution >= 4 is 11.9 Å². The van der Waals surface area contributed by atoms with E-state index in [1.807, 2.05) is 30.3 Å². The van der Waals surface area contributed by atoms with E-state index < -0.39 is 18.0 Å². The number of hydrogen-bond acceptors (Lipinski definition) is 5. The highest BCUT2D eigenvalue weighted by atomic mass is 16.5. The Labute approximate surface area is 129 Å². The van der Waals surface area contributed by atoms with Crippen LogP contribution in [0.4, 0.5) is 0 Å². The summed E-state index contributed by atoms with van der Waals surface area (Å²) in [5.74, 6) is -1.51. The van der Waals surface area contributed by atoms with Gasteiger partial charge in [-0.15, -0.1) is 0 Å². The van der Waals surface area contributed by atoms with Gasteiger partial charge in [0.15, 0.2) is 0 Å². The molecule has 0 aromatic heterocycles. The molecule has 0 heterocycles. The molecule has 1 aromatic rings. The molecule has 0 fully saturated rings. The van der Waals surface area contributed by atoms with Crippen molar-refractivity contribution < 1.29 is 24.5 Å². The molecule has 120 valence electrons. The molecular formula is C16H21NO5. The maximum Gasteiger partial charge on any atom is 0.330 e. The van der Waals surface area contributed by atoms with Crippen molar-refractivity contribution in [3.63, 3.8) is 0 Å². The van der Waals surface area contributed by atoms with Gasteiger partial charge in [-0.05, 0) is 12.5 Å². The third-order valence-electron chi connectivity index (χ3n) is 2.80. The van der Waals surface area contributed by atoms with Crippen molar-refractivity contribution in [2.75, 3.05) is 19.7 Å². The van der Waals surface area contributed by atoms with Gasteiger partial charge in [-0.3, -0.25) is 9.69 Å². The molecule has 0 aliphatic carbocycles. The van der Waals surface area contributed by atoms with Crippen LogP contribution in [-0.4, -0.2) is 52.9 Å². The first-order valence-corrected chi connectivity index (χ1v) is 6.97. The predicted molar refractivity (Wildman–Crippen MR) is 81.1 cm³/mol. The Kier molecular flexibility index (Phi) is 7.88. The smallest absolute Gasteiger partial charge is 0.330 e. The van der Waals surface area contributed by atoms with Gasteiger partial charge in [0.1, 0.15) is 12.7 Å². The van der Waals surface area contributed by atoms with Gasteiger partial charge in [-0.1, -0.05) is 36.4 Å². The molecule has 1 rings (SSSR count). The molecule has 0 saturated carbocycles. The average molecular weight is 307 g/mol. The highest BCUT2D eigenvalue weighted by Crippen LogP contribution is 2.05. The third kappa shape index (κ3) is 7.56. The quantitative estimate of drug-likeness (QED) is 0.524. The molecule has 6 nitrogen and oxygen atoms in total. The molecule has 0 amide bonds. The zero-order valence-electron chi connectivity index (χ0n) is 12.5. The number of carbonyl (C=O) groups excluding carboxylic acids is 1. The number of carboxylic acids is 1. The number of allylic oxidation sites excluding steroid dienone is 1. The second-order valence-corrected chi connectivity index (χ2v) is 4.83. The SMILES string of the molecule is CC=CC(=O)OCC(O)CN(CC(=O)O)Cc1ccccc1. The van der Waals surface area contributed by atoms with Crippen LogP contribution in [0, 0.1) is 0 Å². The maximum absolute atomic E-state index is 11.2. The van der Waals surface area contributed by atoms with E-state index >= 15 is 0 Å². The molecular weight excluding hydrogens is 286 g/mol. The minimum Gasteiger partial charge on any atom is -0.480 e. The molecule has 6 heteroatoms. The Morgan fingerprint density at radius 3 is 2.59 bits per heavy atom. The van der Waals surface area contributed by atoms with Crippen LogP contribution in [0.15, 0.2) is 42.5 Å². The molecule has 22 heavy (non-hydrogen) atoms. The van der Waals surface area contributed by atoms with Gasteiger partial charge >= 0.3 is 11.9 Å². The number of nitrogens with zero attached hydrogens (tertiary/aromatic N) is 1. The van der Waals surface area contributed by atoms with E-state index in [0.717, 1.165) is 5.56 Å². The summed E-state index contributed by atoms with van der Waals surface area (Å²) >= 11 is 0. The Balaban J connectivity index is 2.53. The minimum absolute atomic E-state index is 0.102. The lowest BCUT2D eigenvalue weighted by Gasteiger charge is -2.23. The number of benzene rings is 1. The Morgan fingerprint density at radius 2 is 2.00 bits per heavy atom. The van der Waals surface area contributed by atoms with Gasteiger partial charge < -0.3 is 14.9 Å². The summed E-state index contributed by atoms with van der Waals surface area (Å²) in [6, 6.07) is 9.37. The zero-order valence-corrected chi connectivity index (χ0v) is 12.5. The van der Waals surface area contributed by atoms with Crippen LogP contribution < -0.4 is 0 Å². The van der Waals surface area contributed by atoms with Crippen molar-refractivity contribution in [1.82, 2.24) is 4.90 Å². The molecule has 1 atom stereocenters. The average Bonchev–Trinajstić information content (AvgIpc) is 2.46. The minimum atomic E-state index is -0.978. The molecule has 0 aliphatic heterocycles. The first kappa shape index (κ1) is 17.9. The molecule has 2 N–H and O–H groups in total. The lowest BCUT2D eigenvalue weighted by molar-refractivity contribution is -0.143. The van der Waals surface area contributed by atoms with Gasteiger partial charge in [0.2, 0.25) is 0 Å². The van der Waals surface area contributed by atoms with Gasteiger partial charge in [-0.2, -0.15) is 0 Å². The largest absolute Gasteiger partial charge is 0.480 e. The Bertz CT molecular complexity index is 501. The fraction of sp³-hybridized carbons (Fsp3) is 0.375. The van der Waals surface area contributed by atoms with Crippen molar-refractivity contribution in [1.29, 1.82) is 0 Å². The number of rotatable bonds is 9. The van der Waals surface area contributed by atoms with Crippen LogP contribution >= 0.6 is 0 Å². The molecule has 0 spiro atoms. The number of aliphatic hydroxyl groups excluding tert-OH is 1. The topological polar surface area (TPSA) is 87.1 Å². The van der Waals surface area contributed by atoms with Crippen molar-refractivity contribution in [2.24, 2.45) is 0 Å². The Hall–Kier alpha value is -2.18. The maximum atomic E-state index is 11.2. The molecule has 0 radical (unpaired) electrons. The van der Waals surface area contributed by atoms with Gasteiger partial charge in [-0.25, -0.2) is 4.79 Å². The Morgan fingerprint density at radius 1 is 1.32 bits per heavy atom. The fourth-order valence-corrected chi connectivity index (χ4v) is 1.93. The number of aliphatic carboxylic acids is 1. The molecule has 0 aliphatic rings. The van der Waals surface area contributed by atoms with Gasteiger partial charge in [0.25, 0.3) is 0 Å². The standard InChI is InChI=1S/C16H21NO5/c1-2-6-16(21)22-12-14(18)10-17(11-15(19)20)9-13-7-4-3-5-8-13/h2-8,14,18H,9-12H2,1H3,(H,19,20). The van der Waals surface area contributed by atoms with Crippen LogP contribution in [0.1, 0.15) is 12.5 Å². The lowest BCUT2D eigenvalue weighted by Crippen LogP contribution is -2.38. The number of carbonyl (C=O) groups is 2. The van der Waals surface area contributed by atoms with E-state index in [1.165, 1.54) is 6.08 Å². The van der Waals surface area contributed by atoms with Crippen LogP contribution in [0.2, 0.25) is 0 Å². The molecule has 0 saturated heterocycles. The van der Waals surface area contributed by atoms with Crippen molar-refractivity contribution in [3.8, 4) is 0 Å². The number of carboxylic acid groups (broad SMARTS) is 1. The summed E-state index contributed by atoms with van der Waals surface area (Å²) in [5, 5.41) is 18.8. The second-order valence-electron chi connectivity index (χ2n) is 4.83. The van der Waals surface area contributed by atoms with Gasteiger partial charge in [0, 0.05) is 19.2 Å². The molecule has 0 bridgehead atoms. The van der Waals surface area contributed by atoms with Gasteiger partial charge in [0.05, 0.1) is 6.54 Å². The summed E-state index contributed by atoms with van der Waals surface area (Å²) in [6.45, 7) is 1.81. The monoisotopic (exact) mass is 307 g/mol. The molecule has 1 unspecified atom stereocenters. The summed E-state index contributed by atoms with van der Waals surface area (Å²) in [5.41, 5.74) is 0.946. The van der Waals surface area contributed by atoms with Crippen LogP contribution in [0.3, 0.4) is 0 Å². The van der Waals surface area contributed by atoms with E-state index in [2.05, 4.69) is 0 Å². The van der Waals surface area contributed by atoms with E-state index in [-0.39, 0.29) is 19.7 Å². The molecule has 1 aromatic carbocycles. The van der Waals surface area contributed by atoms with Crippen LogP contribution in [0.25, 0.3) is 0 Å². The first-order valence-electron chi connectivity index (χ1n) is 6.97. The number of hydrogen-bond donors (Lipinski definition) is 2. The third-order valence-corrected chi connectivity index (χ3v) is 2.80. The lowest BCUT2D eigenvalue weighted by atomic mass is 10.2. The van der Waals surface area contributed by atoms with E-state index in [4.69, 9.17) is 9.84 Å². The number of ether oxygens (including phenoxy) is 1. The van der Waals surface area contributed by atoms with E-state index in [0.29, 0.717) is 6.54 Å². The van der Waals surface area contributed by atoms with E-state index in [1.54, 1.807) is 17.9 Å². The van der Waals surface area contributed by atoms with Crippen LogP contribution in [-0.2, 0) is 20.9 Å². The summed E-state index contributed by atoms with van der Waals surface area (Å²) in [6.07, 6.45) is 1.85. The van der Waals surface area contributed by atoms with Crippen molar-refractivity contribution in [2.45, 2.75) is 19.6 Å². The number of esters is 1. The number of aliphatic hydroxyl groups is 1. The summed E-state index contributed by atoms with van der Waals surface area (Å²) in [4.78, 5) is 23.7. The normalized spacial score (nSPS) is 12.5.